The van der Waals surface area contributed by atoms with Crippen LogP contribution in [0, 0.1) is 0 Å². The molecule has 0 saturated heterocycles. The predicted octanol–water partition coefficient (Wildman–Crippen LogP) is 4.69. The Bertz CT molecular complexity index is 698. The van der Waals surface area contributed by atoms with Crippen molar-refractivity contribution in [2.24, 2.45) is 0 Å². The lowest BCUT2D eigenvalue weighted by molar-refractivity contribution is 1.38. The SMILES string of the molecule is C1=Cc2sc3c(sc4ccccc43)c2C1. The van der Waals surface area contributed by atoms with Crippen molar-refractivity contribution < 1.29 is 0 Å². The van der Waals surface area contributed by atoms with Gasteiger partial charge in [0.05, 0.1) is 9.40 Å². The molecule has 0 amide bonds. The molecular formula is C13H8S2. The van der Waals surface area contributed by atoms with E-state index in [9.17, 15) is 0 Å². The Balaban J connectivity index is 2.26. The second-order valence-corrected chi connectivity index (χ2v) is 5.91. The number of allylic oxidation sites excluding steroid dienone is 1. The average Bonchev–Trinajstić information content (AvgIpc) is 2.87. The fourth-order valence-electron chi connectivity index (χ4n) is 2.22. The molecule has 4 rings (SSSR count). The van der Waals surface area contributed by atoms with Crippen molar-refractivity contribution in [2.75, 3.05) is 0 Å². The molecule has 1 aliphatic carbocycles. The Kier molecular flexibility index (Phi) is 1.46. The van der Waals surface area contributed by atoms with Crippen molar-refractivity contribution in [3.63, 3.8) is 0 Å². The zero-order chi connectivity index (χ0) is 9.83. The van der Waals surface area contributed by atoms with Crippen molar-refractivity contribution in [2.45, 2.75) is 6.42 Å². The third-order valence-corrected chi connectivity index (χ3v) is 5.51. The summed E-state index contributed by atoms with van der Waals surface area (Å²) in [6.45, 7) is 0. The van der Waals surface area contributed by atoms with Gasteiger partial charge in [-0.15, -0.1) is 22.7 Å². The van der Waals surface area contributed by atoms with E-state index in [1.807, 2.05) is 22.7 Å². The normalized spacial score (nSPS) is 14.1. The van der Waals surface area contributed by atoms with Gasteiger partial charge in [-0.2, -0.15) is 0 Å². The zero-order valence-electron chi connectivity index (χ0n) is 7.99. The zero-order valence-corrected chi connectivity index (χ0v) is 9.62. The van der Waals surface area contributed by atoms with Gasteiger partial charge in [-0.25, -0.2) is 0 Å². The molecule has 0 bridgehead atoms. The molecule has 0 fully saturated rings. The molecule has 0 atom stereocenters. The first-order chi connectivity index (χ1) is 7.43. The van der Waals surface area contributed by atoms with Crippen LogP contribution in [0.3, 0.4) is 0 Å². The molecule has 2 heterocycles. The van der Waals surface area contributed by atoms with Crippen LogP contribution in [0.4, 0.5) is 0 Å². The molecule has 1 aromatic carbocycles. The second-order valence-electron chi connectivity index (χ2n) is 3.81. The maximum absolute atomic E-state index is 2.27. The quantitative estimate of drug-likeness (QED) is 0.524. The van der Waals surface area contributed by atoms with Gasteiger partial charge in [0.2, 0.25) is 0 Å². The Hall–Kier alpha value is -1.12. The maximum atomic E-state index is 2.27. The molecular weight excluding hydrogens is 220 g/mol. The molecule has 2 aromatic heterocycles. The van der Waals surface area contributed by atoms with Crippen molar-refractivity contribution in [3.05, 3.63) is 40.8 Å². The number of hydrogen-bond acceptors (Lipinski definition) is 2. The second kappa shape index (κ2) is 2.71. The molecule has 15 heavy (non-hydrogen) atoms. The number of fused-ring (bicyclic) bond motifs is 5. The highest BCUT2D eigenvalue weighted by Gasteiger charge is 2.16. The summed E-state index contributed by atoms with van der Waals surface area (Å²) in [6, 6.07) is 8.72. The van der Waals surface area contributed by atoms with E-state index in [0.717, 1.165) is 6.42 Å². The Morgan fingerprint density at radius 2 is 1.93 bits per heavy atom. The van der Waals surface area contributed by atoms with Crippen LogP contribution in [0.15, 0.2) is 30.3 Å². The van der Waals surface area contributed by atoms with Gasteiger partial charge in [-0.3, -0.25) is 0 Å². The van der Waals surface area contributed by atoms with E-state index in [-0.39, 0.29) is 0 Å². The van der Waals surface area contributed by atoms with E-state index < -0.39 is 0 Å². The van der Waals surface area contributed by atoms with Gasteiger partial charge >= 0.3 is 0 Å². The number of benzene rings is 1. The Morgan fingerprint density at radius 1 is 1.00 bits per heavy atom. The monoisotopic (exact) mass is 228 g/mol. The molecule has 1 aliphatic rings. The summed E-state index contributed by atoms with van der Waals surface area (Å²) in [7, 11) is 0. The van der Waals surface area contributed by atoms with Crippen molar-refractivity contribution in [1.82, 2.24) is 0 Å². The third kappa shape index (κ3) is 0.959. The molecule has 0 saturated carbocycles. The summed E-state index contributed by atoms with van der Waals surface area (Å²) in [5.74, 6) is 0. The molecule has 0 aliphatic heterocycles. The topological polar surface area (TPSA) is 0 Å². The van der Waals surface area contributed by atoms with Gasteiger partial charge in [-0.05, 0) is 24.1 Å². The highest BCUT2D eigenvalue weighted by atomic mass is 32.1. The van der Waals surface area contributed by atoms with Crippen LogP contribution in [0.2, 0.25) is 0 Å². The van der Waals surface area contributed by atoms with Crippen molar-refractivity contribution >= 4 is 48.2 Å². The first-order valence-corrected chi connectivity index (χ1v) is 6.66. The van der Waals surface area contributed by atoms with Gasteiger partial charge in [0.1, 0.15) is 0 Å². The highest BCUT2D eigenvalue weighted by Crippen LogP contribution is 2.44. The largest absolute Gasteiger partial charge is 0.134 e. The van der Waals surface area contributed by atoms with Crippen molar-refractivity contribution in [3.8, 4) is 0 Å². The van der Waals surface area contributed by atoms with Crippen LogP contribution in [0.1, 0.15) is 10.4 Å². The van der Waals surface area contributed by atoms with Crippen molar-refractivity contribution in [1.29, 1.82) is 0 Å². The molecule has 3 aromatic rings. The summed E-state index contributed by atoms with van der Waals surface area (Å²) in [4.78, 5) is 1.47. The minimum Gasteiger partial charge on any atom is -0.134 e. The van der Waals surface area contributed by atoms with Crippen LogP contribution in [-0.2, 0) is 6.42 Å². The van der Waals surface area contributed by atoms with E-state index in [2.05, 4.69) is 36.4 Å². The first kappa shape index (κ1) is 8.08. The van der Waals surface area contributed by atoms with Gasteiger partial charge in [0.25, 0.3) is 0 Å². The summed E-state index contributed by atoms with van der Waals surface area (Å²) < 4.78 is 4.43. The van der Waals surface area contributed by atoms with Crippen LogP contribution in [-0.4, -0.2) is 0 Å². The number of rotatable bonds is 0. The van der Waals surface area contributed by atoms with E-state index in [1.54, 1.807) is 5.56 Å². The van der Waals surface area contributed by atoms with E-state index in [1.165, 1.54) is 24.4 Å². The molecule has 0 nitrogen and oxygen atoms in total. The lowest BCUT2D eigenvalue weighted by Gasteiger charge is -1.87. The predicted molar refractivity (Wildman–Crippen MR) is 69.9 cm³/mol. The fourth-order valence-corrected chi connectivity index (χ4v) is 4.96. The third-order valence-electron chi connectivity index (χ3n) is 2.92. The average molecular weight is 228 g/mol. The lowest BCUT2D eigenvalue weighted by Crippen LogP contribution is -1.69. The smallest absolute Gasteiger partial charge is 0.0538 e. The van der Waals surface area contributed by atoms with Crippen LogP contribution >= 0.6 is 22.7 Å². The fraction of sp³-hybridized carbons (Fsp3) is 0.0769. The Morgan fingerprint density at radius 3 is 2.93 bits per heavy atom. The van der Waals surface area contributed by atoms with Gasteiger partial charge in [0, 0.05) is 15.0 Å². The summed E-state index contributed by atoms with van der Waals surface area (Å²) >= 11 is 3.89. The molecule has 0 N–H and O–H groups in total. The minimum atomic E-state index is 1.13. The van der Waals surface area contributed by atoms with Crippen LogP contribution < -0.4 is 0 Å². The number of hydrogen-bond donors (Lipinski definition) is 0. The Labute approximate surface area is 95.5 Å². The van der Waals surface area contributed by atoms with Crippen LogP contribution in [0.5, 0.6) is 0 Å². The lowest BCUT2D eigenvalue weighted by atomic mass is 10.2. The molecule has 72 valence electrons. The summed E-state index contributed by atoms with van der Waals surface area (Å²) in [5, 5.41) is 1.44. The standard InChI is InChI=1S/C13H8S2/c1-2-6-10-8(4-1)12-13(14-10)9-5-3-7-11(9)15-12/h1-4,6-7H,5H2. The first-order valence-electron chi connectivity index (χ1n) is 5.03. The number of thiophene rings is 2. The molecule has 0 radical (unpaired) electrons. The molecule has 0 spiro atoms. The minimum absolute atomic E-state index is 1.13. The summed E-state index contributed by atoms with van der Waals surface area (Å²) in [6.07, 6.45) is 5.66. The molecule has 2 heteroatoms. The summed E-state index contributed by atoms with van der Waals surface area (Å²) in [5.41, 5.74) is 1.55. The van der Waals surface area contributed by atoms with E-state index in [4.69, 9.17) is 0 Å². The van der Waals surface area contributed by atoms with Crippen LogP contribution in [0.25, 0.3) is 25.6 Å². The van der Waals surface area contributed by atoms with Gasteiger partial charge in [0.15, 0.2) is 0 Å². The molecule has 0 unspecified atom stereocenters. The van der Waals surface area contributed by atoms with E-state index in [0.29, 0.717) is 0 Å². The van der Waals surface area contributed by atoms with E-state index >= 15 is 0 Å². The van der Waals surface area contributed by atoms with Gasteiger partial charge < -0.3 is 0 Å². The maximum Gasteiger partial charge on any atom is 0.0538 e. The van der Waals surface area contributed by atoms with Gasteiger partial charge in [-0.1, -0.05) is 24.3 Å². The highest BCUT2D eigenvalue weighted by molar-refractivity contribution is 7.33.